The fourth-order valence-electron chi connectivity index (χ4n) is 2.44. The van der Waals surface area contributed by atoms with Crippen molar-refractivity contribution in [2.24, 2.45) is 0 Å². The first-order chi connectivity index (χ1) is 11.1. The molecular weight excluding hydrogens is 314 g/mol. The Morgan fingerprint density at radius 1 is 1.48 bits per heavy atom. The highest BCUT2D eigenvalue weighted by molar-refractivity contribution is 7.03. The van der Waals surface area contributed by atoms with Gasteiger partial charge in [0.2, 0.25) is 5.95 Å². The molecule has 2 aromatic rings. The van der Waals surface area contributed by atoms with Crippen molar-refractivity contribution < 1.29 is 9.53 Å². The number of anilines is 1. The van der Waals surface area contributed by atoms with E-state index in [9.17, 15) is 4.79 Å². The van der Waals surface area contributed by atoms with Crippen LogP contribution in [0.2, 0.25) is 0 Å². The Labute approximate surface area is 139 Å². The topological polar surface area (TPSA) is 71.5 Å². The minimum absolute atomic E-state index is 0.00596. The van der Waals surface area contributed by atoms with Crippen LogP contribution in [0.25, 0.3) is 0 Å². The zero-order valence-corrected chi connectivity index (χ0v) is 14.2. The van der Waals surface area contributed by atoms with Gasteiger partial charge in [0.15, 0.2) is 0 Å². The van der Waals surface area contributed by atoms with Crippen LogP contribution in [0.4, 0.5) is 5.95 Å². The summed E-state index contributed by atoms with van der Waals surface area (Å²) < 4.78 is 9.99. The fraction of sp³-hybridized carbons (Fsp3) is 0.467. The standard InChI is InChI=1S/C15H19N5O2S/c1-10-11(9-23-18-10)14(21)20-6-7-22-13(8-20)12-4-5-16-15(17-12)19(2)3/h4-5,9,13H,6-8H2,1-3H3. The number of hydrogen-bond donors (Lipinski definition) is 0. The molecule has 3 heterocycles. The molecule has 3 rings (SSSR count). The van der Waals surface area contributed by atoms with Gasteiger partial charge >= 0.3 is 0 Å². The van der Waals surface area contributed by atoms with E-state index in [2.05, 4.69) is 14.3 Å². The van der Waals surface area contributed by atoms with Gasteiger partial charge in [-0.15, -0.1) is 0 Å². The third-order valence-corrected chi connectivity index (χ3v) is 4.45. The molecule has 0 radical (unpaired) electrons. The van der Waals surface area contributed by atoms with E-state index in [-0.39, 0.29) is 12.0 Å². The van der Waals surface area contributed by atoms with Crippen molar-refractivity contribution in [3.8, 4) is 0 Å². The third kappa shape index (κ3) is 3.32. The molecule has 1 aliphatic heterocycles. The molecule has 0 saturated carbocycles. The molecule has 1 fully saturated rings. The Hall–Kier alpha value is -2.06. The average Bonchev–Trinajstić information content (AvgIpc) is 3.00. The molecule has 23 heavy (non-hydrogen) atoms. The number of nitrogens with zero attached hydrogens (tertiary/aromatic N) is 5. The van der Waals surface area contributed by atoms with Crippen molar-refractivity contribution in [3.05, 3.63) is 34.6 Å². The van der Waals surface area contributed by atoms with Gasteiger partial charge in [0.25, 0.3) is 5.91 Å². The molecule has 0 aromatic carbocycles. The van der Waals surface area contributed by atoms with Gasteiger partial charge < -0.3 is 14.5 Å². The average molecular weight is 333 g/mol. The summed E-state index contributed by atoms with van der Waals surface area (Å²) in [7, 11) is 3.78. The summed E-state index contributed by atoms with van der Waals surface area (Å²) in [5.74, 6) is 0.638. The lowest BCUT2D eigenvalue weighted by Gasteiger charge is -2.32. The SMILES string of the molecule is Cc1nscc1C(=O)N1CCOC(c2ccnc(N(C)C)n2)C1. The maximum Gasteiger partial charge on any atom is 0.256 e. The molecule has 1 amide bonds. The molecule has 1 unspecified atom stereocenters. The smallest absolute Gasteiger partial charge is 0.256 e. The molecule has 7 nitrogen and oxygen atoms in total. The van der Waals surface area contributed by atoms with Crippen LogP contribution >= 0.6 is 11.5 Å². The number of rotatable bonds is 3. The number of morpholine rings is 1. The van der Waals surface area contributed by atoms with Crippen LogP contribution < -0.4 is 4.90 Å². The largest absolute Gasteiger partial charge is 0.368 e. The van der Waals surface area contributed by atoms with E-state index in [1.807, 2.05) is 36.9 Å². The van der Waals surface area contributed by atoms with Crippen LogP contribution in [0.3, 0.4) is 0 Å². The van der Waals surface area contributed by atoms with E-state index in [1.54, 1.807) is 11.6 Å². The number of aryl methyl sites for hydroxylation is 1. The van der Waals surface area contributed by atoms with Crippen molar-refractivity contribution in [1.82, 2.24) is 19.2 Å². The summed E-state index contributed by atoms with van der Waals surface area (Å²) in [6.07, 6.45) is 1.48. The van der Waals surface area contributed by atoms with Gasteiger partial charge in [-0.2, -0.15) is 4.37 Å². The first kappa shape index (κ1) is 15.8. The monoisotopic (exact) mass is 333 g/mol. The van der Waals surface area contributed by atoms with E-state index in [0.717, 1.165) is 11.4 Å². The Morgan fingerprint density at radius 2 is 2.30 bits per heavy atom. The summed E-state index contributed by atoms with van der Waals surface area (Å²) in [6, 6.07) is 1.84. The lowest BCUT2D eigenvalue weighted by molar-refractivity contribution is -0.0247. The molecule has 0 spiro atoms. The molecule has 1 saturated heterocycles. The van der Waals surface area contributed by atoms with Gasteiger partial charge in [0.1, 0.15) is 6.10 Å². The summed E-state index contributed by atoms with van der Waals surface area (Å²) in [6.45, 7) is 3.41. The lowest BCUT2D eigenvalue weighted by atomic mass is 10.1. The van der Waals surface area contributed by atoms with Gasteiger partial charge in [-0.25, -0.2) is 9.97 Å². The van der Waals surface area contributed by atoms with Gasteiger partial charge in [-0.1, -0.05) is 0 Å². The highest BCUT2D eigenvalue weighted by atomic mass is 32.1. The highest BCUT2D eigenvalue weighted by Crippen LogP contribution is 2.23. The predicted octanol–water partition coefficient (Wildman–Crippen LogP) is 1.52. The molecule has 122 valence electrons. The van der Waals surface area contributed by atoms with Crippen molar-refractivity contribution in [3.63, 3.8) is 0 Å². The number of ether oxygens (including phenoxy) is 1. The fourth-order valence-corrected chi connectivity index (χ4v) is 3.12. The first-order valence-corrected chi connectivity index (χ1v) is 8.22. The van der Waals surface area contributed by atoms with E-state index < -0.39 is 0 Å². The van der Waals surface area contributed by atoms with E-state index in [0.29, 0.717) is 31.2 Å². The minimum Gasteiger partial charge on any atom is -0.368 e. The van der Waals surface area contributed by atoms with Crippen molar-refractivity contribution in [1.29, 1.82) is 0 Å². The number of carbonyl (C=O) groups excluding carboxylic acids is 1. The minimum atomic E-state index is -0.235. The Kier molecular flexibility index (Phi) is 4.53. The van der Waals surface area contributed by atoms with Crippen LogP contribution in [0.15, 0.2) is 17.6 Å². The molecular formula is C15H19N5O2S. The third-order valence-electron chi connectivity index (χ3n) is 3.73. The van der Waals surface area contributed by atoms with Crippen molar-refractivity contribution in [2.45, 2.75) is 13.0 Å². The number of carbonyl (C=O) groups is 1. The molecule has 2 aromatic heterocycles. The maximum absolute atomic E-state index is 12.6. The van der Waals surface area contributed by atoms with Crippen LogP contribution in [0.5, 0.6) is 0 Å². The van der Waals surface area contributed by atoms with Crippen LogP contribution in [-0.2, 0) is 4.74 Å². The number of hydrogen-bond acceptors (Lipinski definition) is 7. The van der Waals surface area contributed by atoms with Gasteiger partial charge in [0, 0.05) is 32.2 Å². The van der Waals surface area contributed by atoms with Gasteiger partial charge in [-0.3, -0.25) is 4.79 Å². The summed E-state index contributed by atoms with van der Waals surface area (Å²) >= 11 is 1.31. The predicted molar refractivity (Wildman–Crippen MR) is 87.8 cm³/mol. The quantitative estimate of drug-likeness (QED) is 0.848. The van der Waals surface area contributed by atoms with Crippen LogP contribution in [0.1, 0.15) is 27.8 Å². The summed E-state index contributed by atoms with van der Waals surface area (Å²) in [5, 5.41) is 1.80. The van der Waals surface area contributed by atoms with Crippen LogP contribution in [0, 0.1) is 6.92 Å². The van der Waals surface area contributed by atoms with Crippen LogP contribution in [-0.4, -0.2) is 58.9 Å². The Morgan fingerprint density at radius 3 is 3.00 bits per heavy atom. The molecule has 0 bridgehead atoms. The second-order valence-electron chi connectivity index (χ2n) is 5.60. The molecule has 1 aliphatic rings. The number of aromatic nitrogens is 3. The Bertz CT molecular complexity index is 703. The molecule has 0 N–H and O–H groups in total. The molecule has 0 aliphatic carbocycles. The van der Waals surface area contributed by atoms with Crippen molar-refractivity contribution >= 4 is 23.4 Å². The van der Waals surface area contributed by atoms with Crippen molar-refractivity contribution in [2.75, 3.05) is 38.7 Å². The zero-order valence-electron chi connectivity index (χ0n) is 13.4. The maximum atomic E-state index is 12.6. The molecule has 1 atom stereocenters. The lowest BCUT2D eigenvalue weighted by Crippen LogP contribution is -2.42. The van der Waals surface area contributed by atoms with E-state index >= 15 is 0 Å². The normalized spacial score (nSPS) is 18.0. The number of amides is 1. The van der Waals surface area contributed by atoms with Gasteiger partial charge in [0.05, 0.1) is 30.1 Å². The van der Waals surface area contributed by atoms with E-state index in [4.69, 9.17) is 4.74 Å². The van der Waals surface area contributed by atoms with E-state index in [1.165, 1.54) is 11.5 Å². The zero-order chi connectivity index (χ0) is 16.4. The first-order valence-electron chi connectivity index (χ1n) is 7.38. The second kappa shape index (κ2) is 6.59. The van der Waals surface area contributed by atoms with Gasteiger partial charge in [-0.05, 0) is 24.5 Å². The summed E-state index contributed by atoms with van der Waals surface area (Å²) in [5.41, 5.74) is 2.24. The molecule has 8 heteroatoms. The highest BCUT2D eigenvalue weighted by Gasteiger charge is 2.28. The second-order valence-corrected chi connectivity index (χ2v) is 6.23. The summed E-state index contributed by atoms with van der Waals surface area (Å²) in [4.78, 5) is 25.0. The Balaban J connectivity index is 1.77.